The van der Waals surface area contributed by atoms with Crippen molar-refractivity contribution in [2.24, 2.45) is 4.99 Å². The largest absolute Gasteiger partial charge is 0.451 e. The van der Waals surface area contributed by atoms with E-state index in [1.807, 2.05) is 42.6 Å². The lowest BCUT2D eigenvalue weighted by Crippen LogP contribution is -2.31. The molecule has 1 aliphatic carbocycles. The highest BCUT2D eigenvalue weighted by atomic mass is 32.1. The standard InChI is InChI=1S/C23H21NO5S/c1-14-5-8-16(9-6-14)21-24-17(22(25)29-21)12-15-7-10-18(19(13-15)27-2)28-23(26)20-4-3-11-30-20/h3-13,18-19,22,25H,1-2H3/b17-12+. The molecule has 3 atom stereocenters. The molecule has 0 saturated heterocycles. The molecule has 0 bridgehead atoms. The Kier molecular flexibility index (Phi) is 5.94. The predicted molar refractivity (Wildman–Crippen MR) is 114 cm³/mol. The predicted octanol–water partition coefficient (Wildman–Crippen LogP) is 3.77. The fourth-order valence-corrected chi connectivity index (χ4v) is 3.71. The van der Waals surface area contributed by atoms with Crippen LogP contribution in [0.2, 0.25) is 0 Å². The first-order chi connectivity index (χ1) is 14.5. The summed E-state index contributed by atoms with van der Waals surface area (Å²) in [5.41, 5.74) is 3.10. The maximum atomic E-state index is 12.2. The second-order valence-corrected chi connectivity index (χ2v) is 7.84. The summed E-state index contributed by atoms with van der Waals surface area (Å²) >= 11 is 1.33. The van der Waals surface area contributed by atoms with Gasteiger partial charge in [-0.25, -0.2) is 9.79 Å². The molecule has 30 heavy (non-hydrogen) atoms. The number of nitrogens with zero attached hydrogens (tertiary/aromatic N) is 1. The van der Waals surface area contributed by atoms with Gasteiger partial charge >= 0.3 is 5.97 Å². The van der Waals surface area contributed by atoms with Crippen molar-refractivity contribution in [2.45, 2.75) is 25.4 Å². The first-order valence-corrected chi connectivity index (χ1v) is 10.3. The van der Waals surface area contributed by atoms with E-state index in [1.165, 1.54) is 11.3 Å². The van der Waals surface area contributed by atoms with Crippen molar-refractivity contribution in [3.8, 4) is 0 Å². The number of hydrogen-bond donors (Lipinski definition) is 1. The van der Waals surface area contributed by atoms with Crippen molar-refractivity contribution in [1.29, 1.82) is 0 Å². The number of esters is 1. The molecule has 4 rings (SSSR count). The summed E-state index contributed by atoms with van der Waals surface area (Å²) in [7, 11) is 1.55. The van der Waals surface area contributed by atoms with Crippen LogP contribution in [0.5, 0.6) is 0 Å². The summed E-state index contributed by atoms with van der Waals surface area (Å²) in [6, 6.07) is 11.2. The van der Waals surface area contributed by atoms with Gasteiger partial charge in [0.25, 0.3) is 0 Å². The van der Waals surface area contributed by atoms with E-state index in [4.69, 9.17) is 14.2 Å². The number of carbonyl (C=O) groups excluding carboxylic acids is 1. The summed E-state index contributed by atoms with van der Waals surface area (Å²) < 4.78 is 16.5. The zero-order valence-corrected chi connectivity index (χ0v) is 17.3. The topological polar surface area (TPSA) is 77.3 Å². The molecule has 1 aromatic heterocycles. The Balaban J connectivity index is 1.49. The smallest absolute Gasteiger partial charge is 0.348 e. The molecule has 6 nitrogen and oxygen atoms in total. The number of aliphatic hydroxyl groups is 1. The number of thiophene rings is 1. The molecule has 0 saturated carbocycles. The molecular weight excluding hydrogens is 402 g/mol. The van der Waals surface area contributed by atoms with Gasteiger partial charge in [0.05, 0.1) is 0 Å². The molecule has 7 heteroatoms. The van der Waals surface area contributed by atoms with E-state index < -0.39 is 18.5 Å². The monoisotopic (exact) mass is 423 g/mol. The SMILES string of the molecule is COC1C=C(/C=C2/N=C(c3ccc(C)cc3)OC2O)C=CC1OC(=O)c1cccs1. The maximum Gasteiger partial charge on any atom is 0.348 e. The highest BCUT2D eigenvalue weighted by molar-refractivity contribution is 7.11. The lowest BCUT2D eigenvalue weighted by Gasteiger charge is -2.24. The van der Waals surface area contributed by atoms with Gasteiger partial charge in [-0.1, -0.05) is 29.8 Å². The van der Waals surface area contributed by atoms with E-state index in [1.54, 1.807) is 37.5 Å². The van der Waals surface area contributed by atoms with Crippen molar-refractivity contribution >= 4 is 23.2 Å². The lowest BCUT2D eigenvalue weighted by atomic mass is 10.0. The minimum absolute atomic E-state index is 0.375. The van der Waals surface area contributed by atoms with E-state index in [0.717, 1.165) is 16.7 Å². The molecular formula is C23H21NO5S. The number of ether oxygens (including phenoxy) is 3. The zero-order chi connectivity index (χ0) is 21.1. The Morgan fingerprint density at radius 2 is 2.03 bits per heavy atom. The number of hydrogen-bond acceptors (Lipinski definition) is 7. The Morgan fingerprint density at radius 1 is 1.23 bits per heavy atom. The fourth-order valence-electron chi connectivity index (χ4n) is 3.10. The van der Waals surface area contributed by atoms with Gasteiger partial charge in [-0.3, -0.25) is 0 Å². The van der Waals surface area contributed by atoms with Crippen molar-refractivity contribution < 1.29 is 24.1 Å². The third kappa shape index (κ3) is 4.43. The van der Waals surface area contributed by atoms with Crippen LogP contribution in [0.3, 0.4) is 0 Å². The summed E-state index contributed by atoms with van der Waals surface area (Å²) in [6.07, 6.45) is 4.98. The Hall–Kier alpha value is -3.00. The second-order valence-electron chi connectivity index (χ2n) is 6.90. The van der Waals surface area contributed by atoms with Gasteiger partial charge in [0.2, 0.25) is 12.2 Å². The minimum atomic E-state index is -1.15. The normalized spacial score (nSPS) is 24.4. The first-order valence-electron chi connectivity index (χ1n) is 9.43. The molecule has 1 aromatic carbocycles. The van der Waals surface area contributed by atoms with Gasteiger partial charge in [-0.2, -0.15) is 0 Å². The Morgan fingerprint density at radius 3 is 2.73 bits per heavy atom. The molecule has 2 aromatic rings. The van der Waals surface area contributed by atoms with Crippen LogP contribution >= 0.6 is 11.3 Å². The van der Waals surface area contributed by atoms with Crippen LogP contribution in [0, 0.1) is 6.92 Å². The van der Waals surface area contributed by atoms with Crippen LogP contribution < -0.4 is 0 Å². The number of aryl methyl sites for hydroxylation is 1. The number of rotatable bonds is 5. The summed E-state index contributed by atoms with van der Waals surface area (Å²) in [6.45, 7) is 2.00. The van der Waals surface area contributed by atoms with Crippen molar-refractivity contribution in [1.82, 2.24) is 0 Å². The van der Waals surface area contributed by atoms with Crippen LogP contribution in [0.15, 0.2) is 82.3 Å². The van der Waals surface area contributed by atoms with Gasteiger partial charge in [0.15, 0.2) is 6.10 Å². The van der Waals surface area contributed by atoms with Gasteiger partial charge < -0.3 is 19.3 Å². The lowest BCUT2D eigenvalue weighted by molar-refractivity contribution is -0.000518. The van der Waals surface area contributed by atoms with Crippen molar-refractivity contribution in [2.75, 3.05) is 7.11 Å². The number of benzene rings is 1. The Bertz CT molecular complexity index is 1030. The molecule has 0 amide bonds. The van der Waals surface area contributed by atoms with Crippen LogP contribution in [0.25, 0.3) is 0 Å². The molecule has 2 heterocycles. The Labute approximate surface area is 178 Å². The molecule has 1 aliphatic heterocycles. The first kappa shape index (κ1) is 20.3. The highest BCUT2D eigenvalue weighted by Crippen LogP contribution is 2.25. The van der Waals surface area contributed by atoms with Crippen molar-refractivity contribution in [3.05, 3.63) is 93.4 Å². The fraction of sp³-hybridized carbons (Fsp3) is 0.217. The van der Waals surface area contributed by atoms with Crippen LogP contribution in [0.1, 0.15) is 20.8 Å². The van der Waals surface area contributed by atoms with E-state index >= 15 is 0 Å². The third-order valence-corrected chi connectivity index (χ3v) is 5.57. The summed E-state index contributed by atoms with van der Waals surface area (Å²) in [5, 5.41) is 12.1. The molecule has 154 valence electrons. The average molecular weight is 423 g/mol. The van der Waals surface area contributed by atoms with Crippen LogP contribution in [-0.4, -0.2) is 42.6 Å². The van der Waals surface area contributed by atoms with E-state index in [-0.39, 0.29) is 5.97 Å². The van der Waals surface area contributed by atoms with E-state index in [9.17, 15) is 9.90 Å². The second kappa shape index (κ2) is 8.79. The average Bonchev–Trinajstić information content (AvgIpc) is 3.40. The van der Waals surface area contributed by atoms with Gasteiger partial charge in [0.1, 0.15) is 16.7 Å². The van der Waals surface area contributed by atoms with Gasteiger partial charge in [-0.05, 0) is 54.3 Å². The van der Waals surface area contributed by atoms with E-state index in [0.29, 0.717) is 16.5 Å². The maximum absolute atomic E-state index is 12.2. The quantitative estimate of drug-likeness (QED) is 0.741. The molecule has 2 aliphatic rings. The minimum Gasteiger partial charge on any atom is -0.451 e. The number of carbonyl (C=O) groups is 1. The zero-order valence-electron chi connectivity index (χ0n) is 16.5. The van der Waals surface area contributed by atoms with Crippen LogP contribution in [0.4, 0.5) is 0 Å². The molecule has 0 radical (unpaired) electrons. The third-order valence-electron chi connectivity index (χ3n) is 4.72. The number of aliphatic hydroxyl groups excluding tert-OH is 1. The van der Waals surface area contributed by atoms with Crippen molar-refractivity contribution in [3.63, 3.8) is 0 Å². The summed E-state index contributed by atoms with van der Waals surface area (Å²) in [5.74, 6) is -0.0101. The molecule has 0 fully saturated rings. The number of aliphatic imine (C=N–C) groups is 1. The molecule has 1 N–H and O–H groups in total. The van der Waals surface area contributed by atoms with Gasteiger partial charge in [0, 0.05) is 12.7 Å². The number of allylic oxidation sites excluding steroid dienone is 3. The number of methoxy groups -OCH3 is 1. The van der Waals surface area contributed by atoms with E-state index in [2.05, 4.69) is 4.99 Å². The highest BCUT2D eigenvalue weighted by Gasteiger charge is 2.27. The van der Waals surface area contributed by atoms with Crippen LogP contribution in [-0.2, 0) is 14.2 Å². The molecule has 0 spiro atoms. The molecule has 3 unspecified atom stereocenters. The summed E-state index contributed by atoms with van der Waals surface area (Å²) in [4.78, 5) is 17.2. The van der Waals surface area contributed by atoms with Gasteiger partial charge in [-0.15, -0.1) is 11.3 Å².